The maximum absolute atomic E-state index is 9.44. The first-order valence-corrected chi connectivity index (χ1v) is 17.1. The molecular weight excluding hydrogens is 670 g/mol. The molecule has 0 aliphatic carbocycles. The molecule has 0 fully saturated rings. The van der Waals surface area contributed by atoms with E-state index in [1.807, 2.05) is 36.4 Å². The zero-order valence-electron chi connectivity index (χ0n) is 28.0. The number of benzene rings is 8. The van der Waals surface area contributed by atoms with Crippen LogP contribution in [0.15, 0.2) is 162 Å². The van der Waals surface area contributed by atoms with Crippen LogP contribution in [-0.2, 0) is 0 Å². The molecule has 8 rings (SSSR count). The Morgan fingerprint density at radius 1 is 0.520 bits per heavy atom. The second kappa shape index (κ2) is 18.2. The van der Waals surface area contributed by atoms with Gasteiger partial charge >= 0.3 is 26.0 Å². The van der Waals surface area contributed by atoms with Crippen molar-refractivity contribution in [3.05, 3.63) is 169 Å². The van der Waals surface area contributed by atoms with Crippen molar-refractivity contribution in [3.63, 3.8) is 0 Å². The minimum atomic E-state index is -1.46. The van der Waals surface area contributed by atoms with Crippen molar-refractivity contribution < 1.29 is 28.9 Å². The molecule has 0 aliphatic heterocycles. The molecule has 0 unspecified atom stereocenters. The van der Waals surface area contributed by atoms with Crippen LogP contribution >= 0.6 is 15.9 Å². The molecule has 0 saturated carbocycles. The average Bonchev–Trinajstić information content (AvgIpc) is 3.14. The molecule has 244 valence electrons. The van der Waals surface area contributed by atoms with Gasteiger partial charge in [-0.25, -0.2) is 0 Å². The second-order valence-electron chi connectivity index (χ2n) is 11.7. The molecule has 0 radical (unpaired) electrons. The number of halogens is 1. The Kier molecular flexibility index (Phi) is 14.1. The Balaban J connectivity index is 0.000000197. The summed E-state index contributed by atoms with van der Waals surface area (Å²) in [5.74, 6) is 0. The first kappa shape index (κ1) is 38.7. The van der Waals surface area contributed by atoms with E-state index in [0.29, 0.717) is 5.46 Å². The quantitative estimate of drug-likeness (QED) is 0.109. The molecule has 2 N–H and O–H groups in total. The van der Waals surface area contributed by atoms with Gasteiger partial charge in [0, 0.05) is 4.47 Å². The summed E-state index contributed by atoms with van der Waals surface area (Å²) in [6, 6.07) is 54.2. The van der Waals surface area contributed by atoms with Crippen molar-refractivity contribution in [1.82, 2.24) is 0 Å². The summed E-state index contributed by atoms with van der Waals surface area (Å²) < 4.78 is 1.11. The maximum Gasteiger partial charge on any atom is 1.00 e. The van der Waals surface area contributed by atoms with E-state index in [-0.39, 0.29) is 26.3 Å². The van der Waals surface area contributed by atoms with Crippen LogP contribution in [0, 0.1) is 6.92 Å². The predicted octanol–water partition coefficient (Wildman–Crippen LogP) is 9.02. The third-order valence-electron chi connectivity index (χ3n) is 8.52. The Hall–Kier alpha value is -4.14. The molecule has 0 aliphatic rings. The Bertz CT molecular complexity index is 2330. The molecule has 8 aromatic carbocycles. The van der Waals surface area contributed by atoms with Gasteiger partial charge in [-0.3, -0.25) is 0 Å². The molecule has 2 nitrogen and oxygen atoms in total. The van der Waals surface area contributed by atoms with Crippen LogP contribution in [-0.4, -0.2) is 17.2 Å². The minimum Gasteiger partial charge on any atom is -0.423 e. The van der Waals surface area contributed by atoms with Crippen molar-refractivity contribution >= 4 is 71.6 Å². The third-order valence-corrected chi connectivity index (χ3v) is 9.01. The van der Waals surface area contributed by atoms with Crippen molar-refractivity contribution in [2.45, 2.75) is 27.2 Å². The van der Waals surface area contributed by atoms with Gasteiger partial charge in [-0.1, -0.05) is 170 Å². The number of hydrogen-bond acceptors (Lipinski definition) is 2. The van der Waals surface area contributed by atoms with Gasteiger partial charge in [0.15, 0.2) is 0 Å². The monoisotopic (exact) mass is 710 g/mol. The van der Waals surface area contributed by atoms with E-state index in [4.69, 9.17) is 0 Å². The summed E-state index contributed by atoms with van der Waals surface area (Å²) in [5, 5.41) is 28.8. The van der Waals surface area contributed by atoms with E-state index in [9.17, 15) is 10.0 Å². The molecule has 0 saturated heterocycles. The summed E-state index contributed by atoms with van der Waals surface area (Å²) in [4.78, 5) is 0. The maximum atomic E-state index is 9.44. The minimum absolute atomic E-state index is 0. The molecule has 0 atom stereocenters. The molecule has 0 bridgehead atoms. The molecule has 0 heterocycles. The van der Waals surface area contributed by atoms with Crippen LogP contribution in [0.1, 0.15) is 27.2 Å². The summed E-state index contributed by atoms with van der Waals surface area (Å²) >= 11 is 3.57. The fourth-order valence-electron chi connectivity index (χ4n) is 6.11. The first-order chi connectivity index (χ1) is 23.5. The fraction of sp³-hybridized carbons (Fsp3) is 0.0889. The van der Waals surface area contributed by atoms with Crippen LogP contribution in [0.5, 0.6) is 0 Å². The van der Waals surface area contributed by atoms with Crippen LogP contribution in [0.25, 0.3) is 65.3 Å². The molecule has 8 aromatic rings. The van der Waals surface area contributed by atoms with E-state index in [2.05, 4.69) is 145 Å². The summed E-state index contributed by atoms with van der Waals surface area (Å²) in [7, 11) is -1.46. The van der Waals surface area contributed by atoms with E-state index in [0.717, 1.165) is 27.4 Å². The Morgan fingerprint density at radius 3 is 1.36 bits per heavy atom. The van der Waals surface area contributed by atoms with Crippen molar-refractivity contribution in [2.24, 2.45) is 0 Å². The number of rotatable bonds is 4. The predicted molar refractivity (Wildman–Crippen MR) is 218 cm³/mol. The average molecular weight is 711 g/mol. The second-order valence-corrected chi connectivity index (χ2v) is 12.7. The molecule has 0 spiro atoms. The normalized spacial score (nSPS) is 10.3. The van der Waals surface area contributed by atoms with E-state index >= 15 is 0 Å². The number of fused-ring (bicyclic) bond motifs is 6. The molecule has 5 heteroatoms. The zero-order chi connectivity index (χ0) is 33.5. The van der Waals surface area contributed by atoms with Crippen molar-refractivity contribution in [1.29, 1.82) is 0 Å². The molecule has 50 heavy (non-hydrogen) atoms. The van der Waals surface area contributed by atoms with Gasteiger partial charge in [-0.2, -0.15) is 6.42 Å². The molecule has 0 amide bonds. The van der Waals surface area contributed by atoms with Crippen LogP contribution < -0.4 is 24.3 Å². The third kappa shape index (κ3) is 8.59. The Labute approximate surface area is 317 Å². The SMILES string of the molecule is Brc1cccc(-c2cc3ccccc3c3ccccc23)c1.C.OB(O)c1cccc(-c2cc3ccccc3c3ccccc23)c1.[CH2-]CCC.[Li+]. The van der Waals surface area contributed by atoms with Crippen LogP contribution in [0.3, 0.4) is 0 Å². The van der Waals surface area contributed by atoms with Gasteiger partial charge in [-0.05, 0) is 95.1 Å². The Morgan fingerprint density at radius 2 is 0.920 bits per heavy atom. The van der Waals surface area contributed by atoms with E-state index in [1.165, 1.54) is 55.3 Å². The molecular formula is C45H41BBrLiO2. The van der Waals surface area contributed by atoms with Gasteiger partial charge in [-0.15, -0.1) is 0 Å². The van der Waals surface area contributed by atoms with Gasteiger partial charge in [0.1, 0.15) is 0 Å². The van der Waals surface area contributed by atoms with E-state index < -0.39 is 7.12 Å². The van der Waals surface area contributed by atoms with Gasteiger partial charge in [0.25, 0.3) is 0 Å². The van der Waals surface area contributed by atoms with Crippen LogP contribution in [0.4, 0.5) is 0 Å². The van der Waals surface area contributed by atoms with Gasteiger partial charge in [0.05, 0.1) is 0 Å². The van der Waals surface area contributed by atoms with Crippen molar-refractivity contribution in [3.8, 4) is 22.3 Å². The summed E-state index contributed by atoms with van der Waals surface area (Å²) in [5.41, 5.74) is 5.11. The fourth-order valence-corrected chi connectivity index (χ4v) is 6.51. The first-order valence-electron chi connectivity index (χ1n) is 16.3. The zero-order valence-corrected chi connectivity index (χ0v) is 29.6. The number of unbranched alkanes of at least 4 members (excludes halogenated alkanes) is 1. The topological polar surface area (TPSA) is 40.5 Å². The smallest absolute Gasteiger partial charge is 0.423 e. The molecule has 0 aromatic heterocycles. The van der Waals surface area contributed by atoms with Gasteiger partial charge in [0.2, 0.25) is 0 Å². The largest absolute Gasteiger partial charge is 1.00 e. The summed E-state index contributed by atoms with van der Waals surface area (Å²) in [6.45, 7) is 5.72. The summed E-state index contributed by atoms with van der Waals surface area (Å²) in [6.07, 6.45) is 2.28. The number of hydrogen-bond donors (Lipinski definition) is 2. The van der Waals surface area contributed by atoms with Gasteiger partial charge < -0.3 is 17.0 Å². The van der Waals surface area contributed by atoms with Crippen molar-refractivity contribution in [2.75, 3.05) is 0 Å². The standard InChI is InChI=1S/C20H15BO2.C20H13Br.C4H9.CH4.Li/c22-21(23)16-8-5-7-14(12-16)20-13-15-6-1-2-9-17(15)18-10-3-4-11-19(18)20;21-16-8-5-7-14(12-16)20-13-15-6-1-2-9-17(15)18-10-3-4-11-19(18)20;1-3-4-2;;/h1-13,22-23H;1-13H;1,3-4H2,2H3;1H4;/q;;-1;;+1. The van der Waals surface area contributed by atoms with Crippen LogP contribution in [0.2, 0.25) is 0 Å². The van der Waals surface area contributed by atoms with E-state index in [1.54, 1.807) is 6.07 Å².